The molecule has 1 aromatic carbocycles. The van der Waals surface area contributed by atoms with E-state index in [9.17, 15) is 10.1 Å². The number of hydrogen-bond acceptors (Lipinski definition) is 7. The number of carbonyl (C=O) groups excluding carboxylic acids is 1. The summed E-state index contributed by atoms with van der Waals surface area (Å²) in [5, 5.41) is 13.4. The predicted octanol–water partition coefficient (Wildman–Crippen LogP) is 4.38. The average molecular weight is 410 g/mol. The van der Waals surface area contributed by atoms with Crippen molar-refractivity contribution in [1.82, 2.24) is 15.3 Å². The van der Waals surface area contributed by atoms with Gasteiger partial charge in [0.1, 0.15) is 29.7 Å². The maximum absolute atomic E-state index is 11.0. The van der Waals surface area contributed by atoms with Gasteiger partial charge >= 0.3 is 0 Å². The molecule has 0 aliphatic rings. The first-order chi connectivity index (χ1) is 13.9. The number of ether oxygens (including phenoxy) is 2. The van der Waals surface area contributed by atoms with Crippen LogP contribution in [0.25, 0.3) is 10.2 Å². The Balaban J connectivity index is 1.73. The quantitative estimate of drug-likeness (QED) is 0.621. The van der Waals surface area contributed by atoms with Crippen molar-refractivity contribution in [3.63, 3.8) is 0 Å². The molecule has 1 atom stereocenters. The molecular weight excluding hydrogens is 388 g/mol. The van der Waals surface area contributed by atoms with Crippen molar-refractivity contribution >= 4 is 27.5 Å². The molecule has 0 bridgehead atoms. The molecular formula is C21H22N4O3S. The van der Waals surface area contributed by atoms with Crippen LogP contribution in [0.5, 0.6) is 17.4 Å². The van der Waals surface area contributed by atoms with Crippen molar-refractivity contribution in [3.8, 4) is 23.4 Å². The fraction of sp³-hybridized carbons (Fsp3) is 0.333. The molecule has 1 amide bonds. The smallest absolute Gasteiger partial charge is 0.217 e. The highest BCUT2D eigenvalue weighted by Gasteiger charge is 2.15. The monoisotopic (exact) mass is 410 g/mol. The van der Waals surface area contributed by atoms with Gasteiger partial charge in [0.15, 0.2) is 0 Å². The SMILES string of the molecule is CC(=O)N[C@@H](C)COc1ccc(Oc2ccc3nc(C(C)C)sc3c2C#N)cn1. The van der Waals surface area contributed by atoms with Crippen molar-refractivity contribution in [2.75, 3.05) is 6.61 Å². The number of fused-ring (bicyclic) bond motifs is 1. The lowest BCUT2D eigenvalue weighted by Gasteiger charge is -2.13. The fourth-order valence-electron chi connectivity index (χ4n) is 2.67. The van der Waals surface area contributed by atoms with Gasteiger partial charge in [0.2, 0.25) is 11.8 Å². The van der Waals surface area contributed by atoms with Gasteiger partial charge in [0, 0.05) is 18.9 Å². The molecule has 0 spiro atoms. The topological polar surface area (TPSA) is 97.1 Å². The van der Waals surface area contributed by atoms with Gasteiger partial charge in [-0.25, -0.2) is 9.97 Å². The number of thiazole rings is 1. The van der Waals surface area contributed by atoms with E-state index >= 15 is 0 Å². The Morgan fingerprint density at radius 2 is 2.07 bits per heavy atom. The van der Waals surface area contributed by atoms with E-state index in [-0.39, 0.29) is 11.9 Å². The van der Waals surface area contributed by atoms with Crippen LogP contribution < -0.4 is 14.8 Å². The van der Waals surface area contributed by atoms with Gasteiger partial charge in [0.25, 0.3) is 0 Å². The molecule has 150 valence electrons. The standard InChI is InChI=1S/C21H22N4O3S/c1-12(2)21-25-17-6-7-18(16(9-22)20(17)29-21)28-15-5-8-19(23-10-15)27-11-13(3)24-14(4)26/h5-8,10,12-13H,11H2,1-4H3,(H,24,26)/t13-/m0/s1. The van der Waals surface area contributed by atoms with Gasteiger partial charge in [-0.3, -0.25) is 4.79 Å². The van der Waals surface area contributed by atoms with Crippen LogP contribution in [-0.2, 0) is 4.79 Å². The zero-order valence-corrected chi connectivity index (χ0v) is 17.5. The minimum atomic E-state index is -0.120. The number of hydrogen-bond donors (Lipinski definition) is 1. The highest BCUT2D eigenvalue weighted by atomic mass is 32.1. The van der Waals surface area contributed by atoms with E-state index in [2.05, 4.69) is 35.2 Å². The van der Waals surface area contributed by atoms with E-state index < -0.39 is 0 Å². The number of carbonyl (C=O) groups is 1. The minimum Gasteiger partial charge on any atom is -0.475 e. The summed E-state index contributed by atoms with van der Waals surface area (Å²) in [5.74, 6) is 1.58. The van der Waals surface area contributed by atoms with Gasteiger partial charge in [-0.15, -0.1) is 11.3 Å². The Bertz CT molecular complexity index is 1050. The molecule has 29 heavy (non-hydrogen) atoms. The maximum atomic E-state index is 11.0. The summed E-state index contributed by atoms with van der Waals surface area (Å²) in [4.78, 5) is 19.8. The van der Waals surface area contributed by atoms with E-state index in [1.807, 2.05) is 13.0 Å². The number of benzene rings is 1. The van der Waals surface area contributed by atoms with Gasteiger partial charge in [-0.05, 0) is 25.1 Å². The molecule has 1 N–H and O–H groups in total. The highest BCUT2D eigenvalue weighted by Crippen LogP contribution is 2.36. The Labute approximate surface area is 173 Å². The number of aromatic nitrogens is 2. The summed E-state index contributed by atoms with van der Waals surface area (Å²) >= 11 is 1.52. The Morgan fingerprint density at radius 3 is 2.69 bits per heavy atom. The van der Waals surface area contributed by atoms with Gasteiger partial charge < -0.3 is 14.8 Å². The van der Waals surface area contributed by atoms with Gasteiger partial charge in [0.05, 0.1) is 27.5 Å². The largest absolute Gasteiger partial charge is 0.475 e. The van der Waals surface area contributed by atoms with Crippen LogP contribution in [0.4, 0.5) is 0 Å². The number of nitriles is 1. The third-order valence-corrected chi connectivity index (χ3v) is 5.40. The van der Waals surface area contributed by atoms with E-state index in [0.29, 0.717) is 35.5 Å². The highest BCUT2D eigenvalue weighted by molar-refractivity contribution is 7.18. The predicted molar refractivity (Wildman–Crippen MR) is 112 cm³/mol. The van der Waals surface area contributed by atoms with Crippen LogP contribution >= 0.6 is 11.3 Å². The minimum absolute atomic E-state index is 0.107. The van der Waals surface area contributed by atoms with Gasteiger partial charge in [-0.2, -0.15) is 5.26 Å². The molecule has 0 saturated heterocycles. The molecule has 3 rings (SSSR count). The van der Waals surface area contributed by atoms with Crippen LogP contribution in [0.2, 0.25) is 0 Å². The third kappa shape index (κ3) is 5.00. The molecule has 0 aliphatic carbocycles. The normalized spacial score (nSPS) is 11.9. The first kappa shape index (κ1) is 20.6. The van der Waals surface area contributed by atoms with Crippen molar-refractivity contribution in [3.05, 3.63) is 41.0 Å². The Hall–Kier alpha value is -3.18. The summed E-state index contributed by atoms with van der Waals surface area (Å²) in [6, 6.07) is 9.14. The first-order valence-corrected chi connectivity index (χ1v) is 10.1. The first-order valence-electron chi connectivity index (χ1n) is 9.24. The number of rotatable bonds is 7. The summed E-state index contributed by atoms with van der Waals surface area (Å²) in [7, 11) is 0. The second-order valence-corrected chi connectivity index (χ2v) is 7.98. The van der Waals surface area contributed by atoms with E-state index in [1.54, 1.807) is 18.2 Å². The zero-order chi connectivity index (χ0) is 21.0. The van der Waals surface area contributed by atoms with Crippen LogP contribution in [0, 0.1) is 11.3 Å². The summed E-state index contributed by atoms with van der Waals surface area (Å²) in [6.07, 6.45) is 1.54. The molecule has 2 aromatic heterocycles. The molecule has 2 heterocycles. The number of nitrogens with one attached hydrogen (secondary N) is 1. The Kier molecular flexibility index (Phi) is 6.29. The van der Waals surface area contributed by atoms with Crippen LogP contribution in [0.3, 0.4) is 0 Å². The van der Waals surface area contributed by atoms with Crippen molar-refractivity contribution in [1.29, 1.82) is 5.26 Å². The molecule has 8 heteroatoms. The third-order valence-electron chi connectivity index (χ3n) is 4.01. The number of nitrogens with zero attached hydrogens (tertiary/aromatic N) is 3. The molecule has 0 radical (unpaired) electrons. The fourth-order valence-corrected chi connectivity index (χ4v) is 3.72. The van der Waals surface area contributed by atoms with Crippen molar-refractivity contribution in [2.24, 2.45) is 0 Å². The van der Waals surface area contributed by atoms with E-state index in [1.165, 1.54) is 24.5 Å². The maximum Gasteiger partial charge on any atom is 0.217 e. The Morgan fingerprint density at radius 1 is 1.28 bits per heavy atom. The summed E-state index contributed by atoms with van der Waals surface area (Å²) in [5.41, 5.74) is 1.27. The lowest BCUT2D eigenvalue weighted by molar-refractivity contribution is -0.119. The summed E-state index contributed by atoms with van der Waals surface area (Å²) in [6.45, 7) is 7.78. The van der Waals surface area contributed by atoms with Crippen molar-refractivity contribution < 1.29 is 14.3 Å². The zero-order valence-electron chi connectivity index (χ0n) is 16.7. The molecule has 0 fully saturated rings. The molecule has 3 aromatic rings. The molecule has 0 saturated carbocycles. The summed E-state index contributed by atoms with van der Waals surface area (Å²) < 4.78 is 12.3. The number of pyridine rings is 1. The van der Waals surface area contributed by atoms with E-state index in [4.69, 9.17) is 9.47 Å². The second-order valence-electron chi connectivity index (χ2n) is 6.95. The van der Waals surface area contributed by atoms with Crippen LogP contribution in [0.1, 0.15) is 44.2 Å². The van der Waals surface area contributed by atoms with Gasteiger partial charge in [-0.1, -0.05) is 13.8 Å². The van der Waals surface area contributed by atoms with Crippen LogP contribution in [-0.4, -0.2) is 28.5 Å². The second kappa shape index (κ2) is 8.88. The van der Waals surface area contributed by atoms with Crippen LogP contribution in [0.15, 0.2) is 30.5 Å². The lowest BCUT2D eigenvalue weighted by atomic mass is 10.2. The molecule has 0 aliphatic heterocycles. The lowest BCUT2D eigenvalue weighted by Crippen LogP contribution is -2.35. The number of amides is 1. The average Bonchev–Trinajstić information content (AvgIpc) is 3.11. The molecule has 7 nitrogen and oxygen atoms in total. The van der Waals surface area contributed by atoms with E-state index in [0.717, 1.165) is 15.2 Å². The molecule has 0 unspecified atom stereocenters. The van der Waals surface area contributed by atoms with Crippen molar-refractivity contribution in [2.45, 2.75) is 39.7 Å².